The van der Waals surface area contributed by atoms with Crippen molar-refractivity contribution in [1.29, 1.82) is 0 Å². The number of nitrogens with zero attached hydrogens (tertiary/aromatic N) is 4. The average molecular weight is 434 g/mol. The Morgan fingerprint density at radius 3 is 2.72 bits per heavy atom. The van der Waals surface area contributed by atoms with Crippen LogP contribution in [0.3, 0.4) is 0 Å². The molecule has 2 aliphatic rings. The normalized spacial score (nSPS) is 24.6. The van der Waals surface area contributed by atoms with Crippen molar-refractivity contribution in [1.82, 2.24) is 20.0 Å². The van der Waals surface area contributed by atoms with Crippen LogP contribution < -0.4 is 0 Å². The molecule has 2 aliphatic heterocycles. The van der Waals surface area contributed by atoms with Gasteiger partial charge in [-0.1, -0.05) is 5.16 Å². The van der Waals surface area contributed by atoms with Crippen LogP contribution in [0, 0.1) is 24.7 Å². The number of halogens is 3. The Morgan fingerprint density at radius 2 is 2.14 bits per heavy atom. The lowest BCUT2D eigenvalue weighted by Gasteiger charge is -2.32. The van der Waals surface area contributed by atoms with Gasteiger partial charge in [0, 0.05) is 31.1 Å². The molecule has 0 aliphatic carbocycles. The van der Waals surface area contributed by atoms with Crippen molar-refractivity contribution in [3.8, 4) is 0 Å². The van der Waals surface area contributed by atoms with E-state index in [0.717, 1.165) is 45.2 Å². The number of aryl methyl sites for hydroxylation is 1. The van der Waals surface area contributed by atoms with Gasteiger partial charge in [0.2, 0.25) is 5.89 Å². The number of carboxylic acids is 1. The fraction of sp³-hybridized carbons (Fsp3) is 0.647. The monoisotopic (exact) mass is 434 g/mol. The second-order valence-electron chi connectivity index (χ2n) is 7.08. The van der Waals surface area contributed by atoms with E-state index in [-0.39, 0.29) is 0 Å². The Morgan fingerprint density at radius 1 is 1.38 bits per heavy atom. The first kappa shape index (κ1) is 21.7. The van der Waals surface area contributed by atoms with Gasteiger partial charge in [0.15, 0.2) is 5.82 Å². The van der Waals surface area contributed by atoms with Gasteiger partial charge < -0.3 is 14.4 Å². The molecular weight excluding hydrogens is 413 g/mol. The first-order chi connectivity index (χ1) is 13.7. The van der Waals surface area contributed by atoms with Gasteiger partial charge in [-0.3, -0.25) is 4.90 Å². The fourth-order valence-corrected chi connectivity index (χ4v) is 4.36. The lowest BCUT2D eigenvalue weighted by atomic mass is 9.81. The number of aliphatic carboxylic acids is 1. The number of aromatic nitrogens is 3. The SMILES string of the molecule is Cc1noc(C[C@@H]2COC[C@H]3CN(Cc4nccs4)C[C@@H]23)n1.O=C(O)C(F)(F)F. The number of fused-ring (bicyclic) bond motifs is 1. The number of hydrogen-bond acceptors (Lipinski definition) is 8. The van der Waals surface area contributed by atoms with Gasteiger partial charge in [0.25, 0.3) is 0 Å². The third kappa shape index (κ3) is 5.97. The zero-order valence-corrected chi connectivity index (χ0v) is 16.4. The minimum atomic E-state index is -5.08. The zero-order valence-electron chi connectivity index (χ0n) is 15.6. The summed E-state index contributed by atoms with van der Waals surface area (Å²) in [5, 5.41) is 14.3. The smallest absolute Gasteiger partial charge is 0.475 e. The molecule has 3 atom stereocenters. The van der Waals surface area contributed by atoms with Crippen LogP contribution in [-0.2, 0) is 22.5 Å². The predicted octanol–water partition coefficient (Wildman–Crippen LogP) is 2.40. The first-order valence-electron chi connectivity index (χ1n) is 9.00. The minimum absolute atomic E-state index is 0.472. The summed E-state index contributed by atoms with van der Waals surface area (Å²) in [5.41, 5.74) is 0. The summed E-state index contributed by atoms with van der Waals surface area (Å²) in [4.78, 5) is 20.1. The van der Waals surface area contributed by atoms with E-state index >= 15 is 0 Å². The first-order valence-corrected chi connectivity index (χ1v) is 9.88. The van der Waals surface area contributed by atoms with Crippen molar-refractivity contribution in [2.45, 2.75) is 26.1 Å². The molecule has 1 N–H and O–H groups in total. The van der Waals surface area contributed by atoms with Crippen molar-refractivity contribution >= 4 is 17.3 Å². The molecule has 2 fully saturated rings. The van der Waals surface area contributed by atoms with E-state index < -0.39 is 12.1 Å². The van der Waals surface area contributed by atoms with Crippen LogP contribution in [0.15, 0.2) is 16.1 Å². The van der Waals surface area contributed by atoms with E-state index in [9.17, 15) is 13.2 Å². The van der Waals surface area contributed by atoms with Crippen molar-refractivity contribution in [2.24, 2.45) is 17.8 Å². The topological polar surface area (TPSA) is 102 Å². The third-order valence-electron chi connectivity index (χ3n) is 4.93. The molecule has 0 amide bonds. The van der Waals surface area contributed by atoms with Gasteiger partial charge in [-0.05, 0) is 24.7 Å². The van der Waals surface area contributed by atoms with E-state index in [1.807, 2.05) is 18.5 Å². The average Bonchev–Trinajstić information content (AvgIpc) is 3.37. The maximum absolute atomic E-state index is 10.6. The van der Waals surface area contributed by atoms with Gasteiger partial charge in [-0.2, -0.15) is 18.2 Å². The van der Waals surface area contributed by atoms with Crippen LogP contribution >= 0.6 is 11.3 Å². The second-order valence-corrected chi connectivity index (χ2v) is 8.06. The second kappa shape index (κ2) is 9.18. The molecule has 4 rings (SSSR count). The van der Waals surface area contributed by atoms with Crippen molar-refractivity contribution in [3.63, 3.8) is 0 Å². The number of carboxylic acid groups (broad SMARTS) is 1. The molecule has 0 unspecified atom stereocenters. The molecule has 2 aromatic rings. The molecule has 12 heteroatoms. The number of thiazole rings is 1. The van der Waals surface area contributed by atoms with E-state index in [0.29, 0.717) is 23.6 Å². The lowest BCUT2D eigenvalue weighted by molar-refractivity contribution is -0.192. The molecule has 29 heavy (non-hydrogen) atoms. The van der Waals surface area contributed by atoms with Crippen LogP contribution in [0.1, 0.15) is 16.7 Å². The number of rotatable bonds is 4. The maximum Gasteiger partial charge on any atom is 0.490 e. The van der Waals surface area contributed by atoms with Crippen LogP contribution in [0.2, 0.25) is 0 Å². The van der Waals surface area contributed by atoms with Crippen LogP contribution in [0.25, 0.3) is 0 Å². The van der Waals surface area contributed by atoms with E-state index in [1.54, 1.807) is 11.3 Å². The number of alkyl halides is 3. The quantitative estimate of drug-likeness (QED) is 0.783. The number of hydrogen-bond donors (Lipinski definition) is 1. The van der Waals surface area contributed by atoms with E-state index in [1.165, 1.54) is 5.01 Å². The highest BCUT2D eigenvalue weighted by atomic mass is 32.1. The Balaban J connectivity index is 0.000000298. The molecule has 2 saturated heterocycles. The zero-order chi connectivity index (χ0) is 21.0. The molecule has 8 nitrogen and oxygen atoms in total. The summed E-state index contributed by atoms with van der Waals surface area (Å²) in [6.45, 7) is 6.71. The Kier molecular flexibility index (Phi) is 6.85. The summed E-state index contributed by atoms with van der Waals surface area (Å²) in [5.74, 6) is 0.432. The van der Waals surface area contributed by atoms with Gasteiger partial charge in [-0.25, -0.2) is 9.78 Å². The molecule has 0 aromatic carbocycles. The molecule has 0 saturated carbocycles. The van der Waals surface area contributed by atoms with E-state index in [2.05, 4.69) is 20.0 Å². The van der Waals surface area contributed by atoms with Gasteiger partial charge in [0.1, 0.15) is 5.01 Å². The maximum atomic E-state index is 10.6. The Bertz CT molecular complexity index is 799. The van der Waals surface area contributed by atoms with Gasteiger partial charge >= 0.3 is 12.1 Å². The Hall–Kier alpha value is -2.05. The number of likely N-dealkylation sites (tertiary alicyclic amines) is 1. The minimum Gasteiger partial charge on any atom is -0.475 e. The fourth-order valence-electron chi connectivity index (χ4n) is 3.70. The molecule has 0 radical (unpaired) electrons. The molecule has 0 spiro atoms. The Labute approximate surface area is 168 Å². The summed E-state index contributed by atoms with van der Waals surface area (Å²) in [6.07, 6.45) is -2.37. The summed E-state index contributed by atoms with van der Waals surface area (Å²) in [7, 11) is 0. The van der Waals surface area contributed by atoms with Crippen molar-refractivity contribution in [2.75, 3.05) is 26.3 Å². The summed E-state index contributed by atoms with van der Waals surface area (Å²) in [6, 6.07) is 0. The van der Waals surface area contributed by atoms with Crippen molar-refractivity contribution in [3.05, 3.63) is 28.3 Å². The predicted molar refractivity (Wildman–Crippen MR) is 95.1 cm³/mol. The molecule has 0 bridgehead atoms. The number of carbonyl (C=O) groups is 1. The third-order valence-corrected chi connectivity index (χ3v) is 5.69. The lowest BCUT2D eigenvalue weighted by Crippen LogP contribution is -2.36. The summed E-state index contributed by atoms with van der Waals surface area (Å²) < 4.78 is 42.9. The van der Waals surface area contributed by atoms with Crippen LogP contribution in [0.5, 0.6) is 0 Å². The largest absolute Gasteiger partial charge is 0.490 e. The molecule has 4 heterocycles. The van der Waals surface area contributed by atoms with E-state index in [4.69, 9.17) is 19.2 Å². The highest BCUT2D eigenvalue weighted by Crippen LogP contribution is 2.36. The summed E-state index contributed by atoms with van der Waals surface area (Å²) >= 11 is 1.73. The molecule has 2 aromatic heterocycles. The van der Waals surface area contributed by atoms with Gasteiger partial charge in [-0.15, -0.1) is 11.3 Å². The highest BCUT2D eigenvalue weighted by molar-refractivity contribution is 7.09. The van der Waals surface area contributed by atoms with Crippen LogP contribution in [-0.4, -0.2) is 63.6 Å². The standard InChI is InChI=1S/C15H20N4O2S.C2HF3O2/c1-10-17-14(21-18-10)4-11-8-20-9-12-5-19(6-13(11)12)7-15-16-2-3-22-15;3-2(4,5)1(6)7/h2-3,11-13H,4-9H2,1H3;(H,6,7)/t11-,12-,13+;/m1./s1. The van der Waals surface area contributed by atoms with Crippen LogP contribution in [0.4, 0.5) is 13.2 Å². The number of ether oxygens (including phenoxy) is 1. The highest BCUT2D eigenvalue weighted by Gasteiger charge is 2.41. The molecule has 160 valence electrons. The molecular formula is C17H21F3N4O4S. The van der Waals surface area contributed by atoms with Crippen molar-refractivity contribution < 1.29 is 32.3 Å². The van der Waals surface area contributed by atoms with Gasteiger partial charge in [0.05, 0.1) is 19.8 Å².